The number of phenols is 1. The number of fused-ring (bicyclic) bond motifs is 4. The van der Waals surface area contributed by atoms with Gasteiger partial charge in [0.25, 0.3) is 0 Å². The first-order valence-corrected chi connectivity index (χ1v) is 16.2. The summed E-state index contributed by atoms with van der Waals surface area (Å²) in [5.74, 6) is -4.55. The molecule has 7 rings (SSSR count). The van der Waals surface area contributed by atoms with Crippen molar-refractivity contribution in [2.75, 3.05) is 16.9 Å². The topological polar surface area (TPSA) is 104 Å². The number of aromatic hydroxyl groups is 1. The van der Waals surface area contributed by atoms with Crippen LogP contribution < -0.4 is 14.5 Å². The molecule has 3 aromatic rings. The van der Waals surface area contributed by atoms with Gasteiger partial charge in [-0.15, -0.1) is 0 Å². The Morgan fingerprint density at radius 2 is 1.28 bits per heavy atom. The number of hydrogen-bond donors (Lipinski definition) is 1. The lowest BCUT2D eigenvalue weighted by molar-refractivity contribution is -0.126. The molecule has 2 aliphatic carbocycles. The quantitative estimate of drug-likeness (QED) is 0.208. The van der Waals surface area contributed by atoms with E-state index in [9.17, 15) is 24.3 Å². The molecule has 2 saturated heterocycles. The zero-order valence-corrected chi connectivity index (χ0v) is 27.3. The van der Waals surface area contributed by atoms with Crippen molar-refractivity contribution in [3.05, 3.63) is 91.1 Å². The number of rotatable bonds is 4. The predicted molar refractivity (Wildman–Crippen MR) is 175 cm³/mol. The molecule has 1 N–H and O–H groups in total. The maximum absolute atomic E-state index is 14.2. The maximum atomic E-state index is 14.2. The van der Waals surface area contributed by atoms with Crippen LogP contribution in [0.4, 0.5) is 11.4 Å². The van der Waals surface area contributed by atoms with Gasteiger partial charge in [-0.05, 0) is 131 Å². The van der Waals surface area contributed by atoms with Crippen LogP contribution >= 0.6 is 45.2 Å². The summed E-state index contributed by atoms with van der Waals surface area (Å²) in [5.41, 5.74) is 2.31. The highest BCUT2D eigenvalue weighted by Crippen LogP contribution is 2.59. The SMILES string of the molecule is COc1ccc(O)c([C@H]2C3=CC[C@@H]4C(=O)N(c5ccc(I)cc5)C(=O)[C@@H]4[C@@H]3C[C@H]3C(=O)N(c4ccc(I)cc4)C(=O)[C@@H]23)c1. The molecule has 4 aliphatic rings. The number of halogens is 2. The Kier molecular flexibility index (Phi) is 7.11. The molecule has 43 heavy (non-hydrogen) atoms. The Morgan fingerprint density at radius 3 is 1.86 bits per heavy atom. The number of imide groups is 2. The molecule has 2 heterocycles. The minimum Gasteiger partial charge on any atom is -0.508 e. The third-order valence-corrected chi connectivity index (χ3v) is 10.8. The smallest absolute Gasteiger partial charge is 0.238 e. The normalized spacial score (nSPS) is 28.0. The lowest BCUT2D eigenvalue weighted by Crippen LogP contribution is -2.43. The third kappa shape index (κ3) is 4.42. The van der Waals surface area contributed by atoms with Crippen molar-refractivity contribution in [1.29, 1.82) is 0 Å². The molecule has 0 bridgehead atoms. The number of nitrogens with zero attached hydrogens (tertiary/aromatic N) is 2. The fourth-order valence-electron chi connectivity index (χ4n) is 7.53. The highest BCUT2D eigenvalue weighted by Gasteiger charge is 2.62. The molecule has 3 aromatic carbocycles. The molecule has 1 saturated carbocycles. The highest BCUT2D eigenvalue weighted by molar-refractivity contribution is 14.1. The molecular weight excluding hydrogens is 774 g/mol. The Labute approximate surface area is 275 Å². The van der Waals surface area contributed by atoms with Crippen molar-refractivity contribution in [2.45, 2.75) is 18.8 Å². The van der Waals surface area contributed by atoms with Gasteiger partial charge in [-0.1, -0.05) is 11.6 Å². The second kappa shape index (κ2) is 10.7. The summed E-state index contributed by atoms with van der Waals surface area (Å²) in [6.07, 6.45) is 2.58. The van der Waals surface area contributed by atoms with Crippen molar-refractivity contribution in [2.24, 2.45) is 29.6 Å². The standard InChI is InChI=1S/C33H26I2N2O6/c1-43-20-10-13-26(38)24(14-20)27-21-11-12-22-28(32(41)36(30(22)39)18-6-2-16(34)3-7-18)23(21)15-25-29(27)33(42)37(31(25)40)19-8-4-17(35)5-9-19/h2-11,13-14,22-23,25,27-29,38H,12,15H2,1H3/t22-,23+,25+,27+,28-,29+/m0/s1. The summed E-state index contributed by atoms with van der Waals surface area (Å²) >= 11 is 4.35. The monoisotopic (exact) mass is 800 g/mol. The van der Waals surface area contributed by atoms with E-state index in [4.69, 9.17) is 4.74 Å². The van der Waals surface area contributed by atoms with Gasteiger partial charge >= 0.3 is 0 Å². The van der Waals surface area contributed by atoms with Crippen LogP contribution in [0.5, 0.6) is 11.5 Å². The van der Waals surface area contributed by atoms with Crippen LogP contribution in [0.25, 0.3) is 0 Å². The van der Waals surface area contributed by atoms with Gasteiger partial charge < -0.3 is 9.84 Å². The Morgan fingerprint density at radius 1 is 0.721 bits per heavy atom. The van der Waals surface area contributed by atoms with Crippen molar-refractivity contribution in [3.8, 4) is 11.5 Å². The van der Waals surface area contributed by atoms with E-state index in [2.05, 4.69) is 45.2 Å². The lowest BCUT2D eigenvalue weighted by atomic mass is 9.57. The molecule has 6 atom stereocenters. The summed E-state index contributed by atoms with van der Waals surface area (Å²) in [7, 11) is 1.53. The summed E-state index contributed by atoms with van der Waals surface area (Å²) in [4.78, 5) is 58.6. The van der Waals surface area contributed by atoms with Gasteiger partial charge in [-0.3, -0.25) is 29.0 Å². The number of ether oxygens (including phenoxy) is 1. The second-order valence-electron chi connectivity index (χ2n) is 11.4. The molecule has 218 valence electrons. The average molecular weight is 800 g/mol. The van der Waals surface area contributed by atoms with Crippen LogP contribution in [0.2, 0.25) is 0 Å². The first kappa shape index (κ1) is 28.5. The number of phenolic OH excluding ortho intramolecular Hbond substituents is 1. The average Bonchev–Trinajstić information content (AvgIpc) is 3.41. The van der Waals surface area contributed by atoms with Crippen molar-refractivity contribution in [1.82, 2.24) is 0 Å². The van der Waals surface area contributed by atoms with Crippen LogP contribution in [0, 0.1) is 36.7 Å². The summed E-state index contributed by atoms with van der Waals surface area (Å²) < 4.78 is 7.43. The number of methoxy groups -OCH3 is 1. The van der Waals surface area contributed by atoms with Crippen LogP contribution in [0.3, 0.4) is 0 Å². The molecule has 0 spiro atoms. The van der Waals surface area contributed by atoms with Gasteiger partial charge in [0.2, 0.25) is 23.6 Å². The lowest BCUT2D eigenvalue weighted by Gasteiger charge is -2.44. The van der Waals surface area contributed by atoms with E-state index in [0.29, 0.717) is 29.1 Å². The molecule has 0 radical (unpaired) electrons. The summed E-state index contributed by atoms with van der Waals surface area (Å²) in [6, 6.07) is 19.3. The first-order valence-electron chi connectivity index (χ1n) is 14.0. The van der Waals surface area contributed by atoms with Gasteiger partial charge in [0, 0.05) is 18.6 Å². The van der Waals surface area contributed by atoms with Crippen LogP contribution in [-0.4, -0.2) is 35.8 Å². The number of hydrogen-bond acceptors (Lipinski definition) is 6. The van der Waals surface area contributed by atoms with Gasteiger partial charge in [0.1, 0.15) is 11.5 Å². The molecule has 0 aromatic heterocycles. The molecule has 10 heteroatoms. The van der Waals surface area contributed by atoms with E-state index in [-0.39, 0.29) is 35.8 Å². The number of anilines is 2. The van der Waals surface area contributed by atoms with Gasteiger partial charge in [0.05, 0.1) is 42.2 Å². The summed E-state index contributed by atoms with van der Waals surface area (Å²) in [6.45, 7) is 0. The van der Waals surface area contributed by atoms with Crippen LogP contribution in [0.15, 0.2) is 78.4 Å². The predicted octanol–water partition coefficient (Wildman–Crippen LogP) is 5.66. The van der Waals surface area contributed by atoms with E-state index in [0.717, 1.165) is 12.7 Å². The van der Waals surface area contributed by atoms with Gasteiger partial charge in [-0.25, -0.2) is 0 Å². The van der Waals surface area contributed by atoms with E-state index < -0.39 is 35.5 Å². The van der Waals surface area contributed by atoms with Crippen molar-refractivity contribution >= 4 is 80.2 Å². The Balaban J connectivity index is 1.35. The third-order valence-electron chi connectivity index (χ3n) is 9.39. The number of carbonyl (C=O) groups excluding carboxylic acids is 4. The van der Waals surface area contributed by atoms with E-state index in [1.165, 1.54) is 23.0 Å². The van der Waals surface area contributed by atoms with E-state index in [1.54, 1.807) is 36.4 Å². The molecular formula is C33H26I2N2O6. The number of allylic oxidation sites excluding steroid dienone is 2. The van der Waals surface area contributed by atoms with E-state index in [1.807, 2.05) is 30.3 Å². The second-order valence-corrected chi connectivity index (χ2v) is 13.9. The molecule has 2 aliphatic heterocycles. The first-order chi connectivity index (χ1) is 20.7. The minimum atomic E-state index is -0.775. The molecule has 0 unspecified atom stereocenters. The summed E-state index contributed by atoms with van der Waals surface area (Å²) in [5, 5.41) is 11.1. The maximum Gasteiger partial charge on any atom is 0.238 e. The largest absolute Gasteiger partial charge is 0.508 e. The van der Waals surface area contributed by atoms with Crippen molar-refractivity contribution in [3.63, 3.8) is 0 Å². The Bertz CT molecular complexity index is 1720. The molecule has 4 amide bonds. The number of amides is 4. The van der Waals surface area contributed by atoms with Gasteiger partial charge in [-0.2, -0.15) is 0 Å². The Hall–Kier alpha value is -3.26. The van der Waals surface area contributed by atoms with Gasteiger partial charge in [0.15, 0.2) is 0 Å². The number of carbonyl (C=O) groups is 4. The minimum absolute atomic E-state index is 0.0180. The highest BCUT2D eigenvalue weighted by atomic mass is 127. The van der Waals surface area contributed by atoms with Crippen LogP contribution in [-0.2, 0) is 19.2 Å². The fraction of sp³-hybridized carbons (Fsp3) is 0.273. The van der Waals surface area contributed by atoms with E-state index >= 15 is 0 Å². The molecule has 3 fully saturated rings. The molecule has 8 nitrogen and oxygen atoms in total. The fourth-order valence-corrected chi connectivity index (χ4v) is 8.25. The zero-order chi connectivity index (χ0) is 30.2. The van der Waals surface area contributed by atoms with Crippen LogP contribution in [0.1, 0.15) is 24.3 Å². The van der Waals surface area contributed by atoms with Crippen molar-refractivity contribution < 1.29 is 29.0 Å². The number of benzene rings is 3. The zero-order valence-electron chi connectivity index (χ0n) is 22.9.